The van der Waals surface area contributed by atoms with Gasteiger partial charge in [0, 0.05) is 29.0 Å². The van der Waals surface area contributed by atoms with Crippen LogP contribution in [0, 0.1) is 5.41 Å². The molecule has 0 radical (unpaired) electrons. The molecule has 0 aliphatic carbocycles. The summed E-state index contributed by atoms with van der Waals surface area (Å²) in [6, 6.07) is 5.45. The number of hydrogen-bond acceptors (Lipinski definition) is 2. The minimum Gasteiger partial charge on any atom is -0.388 e. The van der Waals surface area contributed by atoms with Crippen LogP contribution in [0.5, 0.6) is 0 Å². The lowest BCUT2D eigenvalue weighted by Gasteiger charge is -2.07. The Kier molecular flexibility index (Phi) is 5.97. The second-order valence-electron chi connectivity index (χ2n) is 2.56. The molecule has 1 rings (SSSR count). The molecule has 14 heavy (non-hydrogen) atoms. The van der Waals surface area contributed by atoms with Crippen molar-refractivity contribution >= 4 is 23.0 Å². The zero-order valence-electron chi connectivity index (χ0n) is 9.11. The highest BCUT2D eigenvalue weighted by molar-refractivity contribution is 6.31. The molecule has 2 nitrogen and oxygen atoms in total. The zero-order chi connectivity index (χ0) is 11.1. The smallest absolute Gasteiger partial charge is 0.0444 e. The summed E-state index contributed by atoms with van der Waals surface area (Å²) in [5, 5.41) is 11.1. The molecule has 2 N–H and O–H groups in total. The molecule has 3 heteroatoms. The topological polar surface area (TPSA) is 35.9 Å². The first-order valence-corrected chi connectivity index (χ1v) is 5.05. The van der Waals surface area contributed by atoms with Crippen molar-refractivity contribution in [2.45, 2.75) is 20.8 Å². The summed E-state index contributed by atoms with van der Waals surface area (Å²) in [6.45, 7) is 5.75. The molecule has 1 aromatic rings. The molecule has 78 valence electrons. The van der Waals surface area contributed by atoms with Gasteiger partial charge in [0.25, 0.3) is 0 Å². The molecule has 0 spiro atoms. The fourth-order valence-electron chi connectivity index (χ4n) is 1.05. The summed E-state index contributed by atoms with van der Waals surface area (Å²) in [5.41, 5.74) is 2.33. The van der Waals surface area contributed by atoms with Crippen LogP contribution in [0.4, 0.5) is 5.69 Å². The predicted octanol–water partition coefficient (Wildman–Crippen LogP) is 3.80. The molecular weight excluding hydrogens is 196 g/mol. The lowest BCUT2D eigenvalue weighted by atomic mass is 10.1. The molecule has 0 fully saturated rings. The van der Waals surface area contributed by atoms with Crippen molar-refractivity contribution in [1.82, 2.24) is 0 Å². The van der Waals surface area contributed by atoms with Gasteiger partial charge in [-0.15, -0.1) is 0 Å². The van der Waals surface area contributed by atoms with E-state index in [4.69, 9.17) is 17.0 Å². The number of anilines is 1. The van der Waals surface area contributed by atoms with Gasteiger partial charge in [-0.1, -0.05) is 25.4 Å². The van der Waals surface area contributed by atoms with Crippen LogP contribution < -0.4 is 5.32 Å². The lowest BCUT2D eigenvalue weighted by Crippen LogP contribution is -1.99. The molecule has 0 amide bonds. The van der Waals surface area contributed by atoms with Crippen molar-refractivity contribution in [3.8, 4) is 0 Å². The van der Waals surface area contributed by atoms with E-state index in [2.05, 4.69) is 5.32 Å². The van der Waals surface area contributed by atoms with Crippen LogP contribution in [0.25, 0.3) is 0 Å². The summed E-state index contributed by atoms with van der Waals surface area (Å²) < 4.78 is 0. The molecule has 0 aliphatic heterocycles. The Balaban J connectivity index is 0.000000791. The Morgan fingerprint density at radius 1 is 1.36 bits per heavy atom. The second-order valence-corrected chi connectivity index (χ2v) is 3.00. The fraction of sp³-hybridized carbons (Fsp3) is 0.364. The highest BCUT2D eigenvalue weighted by Crippen LogP contribution is 2.20. The third-order valence-electron chi connectivity index (χ3n) is 1.65. The fourth-order valence-corrected chi connectivity index (χ4v) is 1.22. The third-order valence-corrected chi connectivity index (χ3v) is 1.89. The molecule has 0 atom stereocenters. The SMILES string of the molecule is CC.CNc1cc(Cl)ccc1C(C)=N. The Labute approximate surface area is 90.8 Å². The van der Waals surface area contributed by atoms with Crippen LogP contribution in [0.2, 0.25) is 5.02 Å². The highest BCUT2D eigenvalue weighted by Gasteiger charge is 2.02. The van der Waals surface area contributed by atoms with Crippen LogP contribution in [0.1, 0.15) is 26.3 Å². The molecule has 0 aromatic heterocycles. The monoisotopic (exact) mass is 212 g/mol. The van der Waals surface area contributed by atoms with E-state index in [1.54, 1.807) is 13.0 Å². The zero-order valence-corrected chi connectivity index (χ0v) is 9.87. The van der Waals surface area contributed by atoms with Crippen molar-refractivity contribution in [2.24, 2.45) is 0 Å². The van der Waals surface area contributed by atoms with Crippen molar-refractivity contribution in [3.63, 3.8) is 0 Å². The minimum absolute atomic E-state index is 0.538. The molecule has 1 aromatic carbocycles. The molecule has 0 bridgehead atoms. The molecule has 0 aliphatic rings. The van der Waals surface area contributed by atoms with E-state index in [1.807, 2.05) is 33.0 Å². The average molecular weight is 213 g/mol. The van der Waals surface area contributed by atoms with Gasteiger partial charge in [0.1, 0.15) is 0 Å². The normalized spacial score (nSPS) is 8.64. The van der Waals surface area contributed by atoms with Gasteiger partial charge in [-0.2, -0.15) is 0 Å². The van der Waals surface area contributed by atoms with Crippen molar-refractivity contribution in [2.75, 3.05) is 12.4 Å². The van der Waals surface area contributed by atoms with Crippen molar-refractivity contribution < 1.29 is 0 Å². The van der Waals surface area contributed by atoms with Gasteiger partial charge >= 0.3 is 0 Å². The van der Waals surface area contributed by atoms with Crippen LogP contribution in [0.3, 0.4) is 0 Å². The summed E-state index contributed by atoms with van der Waals surface area (Å²) >= 11 is 5.79. The van der Waals surface area contributed by atoms with E-state index in [0.29, 0.717) is 10.7 Å². The van der Waals surface area contributed by atoms with Crippen LogP contribution in [-0.4, -0.2) is 12.8 Å². The number of benzene rings is 1. The van der Waals surface area contributed by atoms with E-state index < -0.39 is 0 Å². The number of rotatable bonds is 2. The number of hydrogen-bond donors (Lipinski definition) is 2. The first kappa shape index (κ1) is 13.0. The largest absolute Gasteiger partial charge is 0.388 e. The van der Waals surface area contributed by atoms with Gasteiger partial charge in [0.15, 0.2) is 0 Å². The predicted molar refractivity (Wildman–Crippen MR) is 64.8 cm³/mol. The van der Waals surface area contributed by atoms with Gasteiger partial charge in [-0.25, -0.2) is 0 Å². The molecular formula is C11H17ClN2. The highest BCUT2D eigenvalue weighted by atomic mass is 35.5. The first-order valence-electron chi connectivity index (χ1n) is 4.68. The van der Waals surface area contributed by atoms with E-state index in [1.165, 1.54) is 0 Å². The molecule has 0 unspecified atom stereocenters. The molecule has 0 heterocycles. The van der Waals surface area contributed by atoms with Gasteiger partial charge < -0.3 is 10.7 Å². The number of halogens is 1. The van der Waals surface area contributed by atoms with E-state index >= 15 is 0 Å². The van der Waals surface area contributed by atoms with Crippen molar-refractivity contribution in [1.29, 1.82) is 5.41 Å². The van der Waals surface area contributed by atoms with Gasteiger partial charge in [-0.05, 0) is 25.1 Å². The van der Waals surface area contributed by atoms with Crippen LogP contribution in [-0.2, 0) is 0 Å². The Morgan fingerprint density at radius 2 is 1.93 bits per heavy atom. The van der Waals surface area contributed by atoms with Gasteiger partial charge in [-0.3, -0.25) is 0 Å². The van der Waals surface area contributed by atoms with Gasteiger partial charge in [0.2, 0.25) is 0 Å². The Hall–Kier alpha value is -1.02. The Morgan fingerprint density at radius 3 is 2.36 bits per heavy atom. The Bertz CT molecular complexity index is 308. The van der Waals surface area contributed by atoms with E-state index in [9.17, 15) is 0 Å². The van der Waals surface area contributed by atoms with Crippen molar-refractivity contribution in [3.05, 3.63) is 28.8 Å². The van der Waals surface area contributed by atoms with E-state index in [-0.39, 0.29) is 0 Å². The number of nitrogens with one attached hydrogen (secondary N) is 2. The first-order chi connectivity index (χ1) is 6.65. The second kappa shape index (κ2) is 6.44. The maximum Gasteiger partial charge on any atom is 0.0444 e. The standard InChI is InChI=1S/C9H11ClN2.C2H6/c1-6(11)8-4-3-7(10)5-9(8)12-2;1-2/h3-5,11-12H,1-2H3;1-2H3. The maximum absolute atomic E-state index is 7.47. The lowest BCUT2D eigenvalue weighted by molar-refractivity contribution is 1.42. The average Bonchev–Trinajstić information content (AvgIpc) is 2.20. The van der Waals surface area contributed by atoms with Gasteiger partial charge in [0.05, 0.1) is 0 Å². The third kappa shape index (κ3) is 3.38. The van der Waals surface area contributed by atoms with Crippen LogP contribution >= 0.6 is 11.6 Å². The molecule has 0 saturated heterocycles. The summed E-state index contributed by atoms with van der Waals surface area (Å²) in [5.74, 6) is 0. The maximum atomic E-state index is 7.47. The summed E-state index contributed by atoms with van der Waals surface area (Å²) in [6.07, 6.45) is 0. The minimum atomic E-state index is 0.538. The summed E-state index contributed by atoms with van der Waals surface area (Å²) in [7, 11) is 1.82. The molecule has 0 saturated carbocycles. The summed E-state index contributed by atoms with van der Waals surface area (Å²) in [4.78, 5) is 0. The van der Waals surface area contributed by atoms with E-state index in [0.717, 1.165) is 11.3 Å². The van der Waals surface area contributed by atoms with Crippen LogP contribution in [0.15, 0.2) is 18.2 Å². The quantitative estimate of drug-likeness (QED) is 0.719.